The van der Waals surface area contributed by atoms with Gasteiger partial charge < -0.3 is 9.67 Å². The van der Waals surface area contributed by atoms with E-state index in [9.17, 15) is 9.90 Å². The van der Waals surface area contributed by atoms with Crippen molar-refractivity contribution < 1.29 is 5.11 Å². The van der Waals surface area contributed by atoms with Crippen LogP contribution in [0, 0.1) is 10.5 Å². The lowest BCUT2D eigenvalue weighted by atomic mass is 9.95. The van der Waals surface area contributed by atoms with Crippen LogP contribution >= 0.6 is 22.6 Å². The molecule has 5 nitrogen and oxygen atoms in total. The van der Waals surface area contributed by atoms with Crippen LogP contribution in [0.5, 0.6) is 0 Å². The molecule has 2 aromatic carbocycles. The molecule has 0 fully saturated rings. The highest BCUT2D eigenvalue weighted by molar-refractivity contribution is 14.1. The maximum atomic E-state index is 13.0. The van der Waals surface area contributed by atoms with Gasteiger partial charge in [0.2, 0.25) is 0 Å². The molecule has 0 aliphatic carbocycles. The van der Waals surface area contributed by atoms with E-state index in [1.807, 2.05) is 55.5 Å². The molecule has 0 saturated carbocycles. The van der Waals surface area contributed by atoms with Gasteiger partial charge in [-0.25, -0.2) is 0 Å². The predicted octanol–water partition coefficient (Wildman–Crippen LogP) is 4.76. The number of nitrogens with zero attached hydrogens (tertiary/aromatic N) is 3. The second kappa shape index (κ2) is 9.03. The van der Waals surface area contributed by atoms with Crippen molar-refractivity contribution in [3.05, 3.63) is 121 Å². The summed E-state index contributed by atoms with van der Waals surface area (Å²) in [6, 6.07) is 21.3. The summed E-state index contributed by atoms with van der Waals surface area (Å²) in [6.07, 6.45) is 3.58. The Morgan fingerprint density at radius 2 is 1.88 bits per heavy atom. The van der Waals surface area contributed by atoms with E-state index < -0.39 is 6.04 Å². The van der Waals surface area contributed by atoms with Crippen molar-refractivity contribution in [2.24, 2.45) is 4.99 Å². The van der Waals surface area contributed by atoms with Crippen LogP contribution in [0.3, 0.4) is 0 Å². The average Bonchev–Trinajstić information content (AvgIpc) is 3.24. The minimum Gasteiger partial charge on any atom is -0.394 e. The Morgan fingerprint density at radius 1 is 1.03 bits per heavy atom. The standard InChI is InChI=1S/C27H22IN3O2/c1-17-11-21(7-9-29-17)27-24-13-18(5-6-22(24)15-30-27)19-8-10-31(26(33)14-19)25(16-32)20-3-2-4-23(28)12-20/h2-14,25,32H,15-16H2,1H3/t25-/m1/s1. The molecule has 33 heavy (non-hydrogen) atoms. The topological polar surface area (TPSA) is 67.5 Å². The molecule has 0 unspecified atom stereocenters. The van der Waals surface area contributed by atoms with Crippen molar-refractivity contribution in [1.29, 1.82) is 0 Å². The maximum Gasteiger partial charge on any atom is 0.251 e. The lowest BCUT2D eigenvalue weighted by Crippen LogP contribution is -2.26. The molecule has 1 aliphatic heterocycles. The van der Waals surface area contributed by atoms with E-state index >= 15 is 0 Å². The zero-order chi connectivity index (χ0) is 22.9. The van der Waals surface area contributed by atoms with Gasteiger partial charge in [0.15, 0.2) is 0 Å². The van der Waals surface area contributed by atoms with E-state index in [2.05, 4.69) is 39.7 Å². The Balaban J connectivity index is 1.50. The van der Waals surface area contributed by atoms with Gasteiger partial charge in [0, 0.05) is 38.9 Å². The predicted molar refractivity (Wildman–Crippen MR) is 139 cm³/mol. The highest BCUT2D eigenvalue weighted by Gasteiger charge is 2.19. The smallest absolute Gasteiger partial charge is 0.251 e. The summed E-state index contributed by atoms with van der Waals surface area (Å²) < 4.78 is 2.66. The number of aliphatic hydroxyl groups excluding tert-OH is 1. The molecule has 0 bridgehead atoms. The number of hydrogen-bond acceptors (Lipinski definition) is 4. The van der Waals surface area contributed by atoms with Gasteiger partial charge in [0.1, 0.15) is 0 Å². The third kappa shape index (κ3) is 4.28. The summed E-state index contributed by atoms with van der Waals surface area (Å²) in [5, 5.41) is 10.0. The molecule has 3 heterocycles. The molecule has 1 N–H and O–H groups in total. The van der Waals surface area contributed by atoms with E-state index in [-0.39, 0.29) is 12.2 Å². The first-order valence-corrected chi connectivity index (χ1v) is 11.8. The lowest BCUT2D eigenvalue weighted by molar-refractivity contribution is 0.247. The number of aromatic nitrogens is 2. The molecule has 1 aliphatic rings. The zero-order valence-corrected chi connectivity index (χ0v) is 20.2. The molecule has 1 atom stereocenters. The van der Waals surface area contributed by atoms with E-state index in [0.29, 0.717) is 6.54 Å². The van der Waals surface area contributed by atoms with E-state index in [4.69, 9.17) is 4.99 Å². The molecule has 0 radical (unpaired) electrons. The molecule has 0 spiro atoms. The van der Waals surface area contributed by atoms with Gasteiger partial charge in [-0.05, 0) is 88.2 Å². The minimum atomic E-state index is -0.421. The number of pyridine rings is 2. The number of aliphatic imine (C=N–C) groups is 1. The second-order valence-electron chi connectivity index (χ2n) is 8.14. The summed E-state index contributed by atoms with van der Waals surface area (Å²) in [5.74, 6) is 0. The van der Waals surface area contributed by atoms with Crippen molar-refractivity contribution in [3.63, 3.8) is 0 Å². The van der Waals surface area contributed by atoms with Crippen LogP contribution in [0.25, 0.3) is 11.1 Å². The number of hydrogen-bond donors (Lipinski definition) is 1. The number of fused-ring (bicyclic) bond motifs is 1. The Morgan fingerprint density at radius 3 is 2.64 bits per heavy atom. The van der Waals surface area contributed by atoms with Crippen LogP contribution in [0.15, 0.2) is 88.9 Å². The van der Waals surface area contributed by atoms with Crippen LogP contribution < -0.4 is 5.56 Å². The second-order valence-corrected chi connectivity index (χ2v) is 9.38. The Bertz CT molecular complexity index is 1440. The highest BCUT2D eigenvalue weighted by atomic mass is 127. The number of aryl methyl sites for hydroxylation is 1. The van der Waals surface area contributed by atoms with Gasteiger partial charge >= 0.3 is 0 Å². The summed E-state index contributed by atoms with van der Waals surface area (Å²) in [4.78, 5) is 22.1. The molecule has 2 aromatic heterocycles. The van der Waals surface area contributed by atoms with E-state index in [1.165, 1.54) is 5.56 Å². The van der Waals surface area contributed by atoms with Gasteiger partial charge in [-0.15, -0.1) is 0 Å². The van der Waals surface area contributed by atoms with Crippen molar-refractivity contribution in [3.8, 4) is 11.1 Å². The highest BCUT2D eigenvalue weighted by Crippen LogP contribution is 2.29. The summed E-state index contributed by atoms with van der Waals surface area (Å²) >= 11 is 2.24. The van der Waals surface area contributed by atoms with Crippen LogP contribution in [0.1, 0.15) is 34.0 Å². The lowest BCUT2D eigenvalue weighted by Gasteiger charge is -2.19. The Labute approximate surface area is 205 Å². The fraction of sp³-hybridized carbons (Fsp3) is 0.148. The molecule has 0 amide bonds. The van der Waals surface area contributed by atoms with Gasteiger partial charge in [-0.1, -0.05) is 24.3 Å². The van der Waals surface area contributed by atoms with Gasteiger partial charge in [0.05, 0.1) is 24.9 Å². The normalized spacial score (nSPS) is 13.5. The number of aliphatic hydroxyl groups is 1. The monoisotopic (exact) mass is 547 g/mol. The Hall–Kier alpha value is -3.10. The third-order valence-corrected chi connectivity index (χ3v) is 6.64. The zero-order valence-electron chi connectivity index (χ0n) is 18.1. The van der Waals surface area contributed by atoms with Crippen molar-refractivity contribution in [2.75, 3.05) is 6.61 Å². The van der Waals surface area contributed by atoms with Gasteiger partial charge in [-0.2, -0.15) is 0 Å². The average molecular weight is 547 g/mol. The maximum absolute atomic E-state index is 13.0. The van der Waals surface area contributed by atoms with Crippen LogP contribution in [-0.4, -0.2) is 27.0 Å². The first-order valence-electron chi connectivity index (χ1n) is 10.7. The van der Waals surface area contributed by atoms with Gasteiger partial charge in [0.25, 0.3) is 5.56 Å². The molecule has 5 rings (SSSR count). The largest absolute Gasteiger partial charge is 0.394 e. The number of benzene rings is 2. The SMILES string of the molecule is Cc1cc(C2=NCc3ccc(-c4ccn([C@H](CO)c5cccc(I)c5)c(=O)c4)cc32)ccn1. The van der Waals surface area contributed by atoms with Crippen LogP contribution in [0.2, 0.25) is 0 Å². The number of halogens is 1. The first kappa shape index (κ1) is 21.7. The summed E-state index contributed by atoms with van der Waals surface area (Å²) in [6.45, 7) is 2.48. The van der Waals surface area contributed by atoms with Crippen molar-refractivity contribution in [1.82, 2.24) is 9.55 Å². The fourth-order valence-corrected chi connectivity index (χ4v) is 4.87. The summed E-state index contributed by atoms with van der Waals surface area (Å²) in [7, 11) is 0. The molecule has 6 heteroatoms. The Kier molecular flexibility index (Phi) is 5.95. The molecular weight excluding hydrogens is 525 g/mol. The van der Waals surface area contributed by atoms with Gasteiger partial charge in [-0.3, -0.25) is 14.8 Å². The first-order chi connectivity index (χ1) is 16.0. The van der Waals surface area contributed by atoms with Crippen LogP contribution in [0.4, 0.5) is 0 Å². The molecule has 164 valence electrons. The van der Waals surface area contributed by atoms with Crippen molar-refractivity contribution in [2.45, 2.75) is 19.5 Å². The van der Waals surface area contributed by atoms with Crippen LogP contribution in [-0.2, 0) is 6.54 Å². The molecular formula is C27H22IN3O2. The van der Waals surface area contributed by atoms with E-state index in [0.717, 1.165) is 42.8 Å². The quantitative estimate of drug-likeness (QED) is 0.367. The number of rotatable bonds is 5. The van der Waals surface area contributed by atoms with Crippen molar-refractivity contribution >= 4 is 28.3 Å². The molecule has 4 aromatic rings. The molecule has 0 saturated heterocycles. The fourth-order valence-electron chi connectivity index (χ4n) is 4.30. The van der Waals surface area contributed by atoms with E-state index in [1.54, 1.807) is 23.0 Å². The minimum absolute atomic E-state index is 0.149. The summed E-state index contributed by atoms with van der Waals surface area (Å²) in [5.41, 5.74) is 7.81. The third-order valence-electron chi connectivity index (χ3n) is 5.97.